The van der Waals surface area contributed by atoms with Crippen molar-refractivity contribution in [1.82, 2.24) is 4.90 Å². The van der Waals surface area contributed by atoms with E-state index < -0.39 is 0 Å². The summed E-state index contributed by atoms with van der Waals surface area (Å²) in [6, 6.07) is 8.97. The van der Waals surface area contributed by atoms with E-state index in [2.05, 4.69) is 11.8 Å². The molecule has 2 aliphatic heterocycles. The lowest BCUT2D eigenvalue weighted by Crippen LogP contribution is -2.45. The maximum absolute atomic E-state index is 12.6. The van der Waals surface area contributed by atoms with Gasteiger partial charge in [0.2, 0.25) is 5.91 Å². The molecule has 0 spiro atoms. The number of imide groups is 1. The van der Waals surface area contributed by atoms with Gasteiger partial charge in [-0.05, 0) is 44.0 Å². The highest BCUT2D eigenvalue weighted by Crippen LogP contribution is 2.28. The van der Waals surface area contributed by atoms with Crippen molar-refractivity contribution >= 4 is 17.5 Å². The second-order valence-electron chi connectivity index (χ2n) is 5.84. The van der Waals surface area contributed by atoms with E-state index in [1.54, 1.807) is 0 Å². The van der Waals surface area contributed by atoms with Gasteiger partial charge in [-0.25, -0.2) is 4.90 Å². The van der Waals surface area contributed by atoms with Gasteiger partial charge >= 0.3 is 0 Å². The Morgan fingerprint density at radius 3 is 2.35 bits per heavy atom. The van der Waals surface area contributed by atoms with Gasteiger partial charge < -0.3 is 0 Å². The predicted octanol–water partition coefficient (Wildman–Crippen LogP) is 2.05. The first kappa shape index (κ1) is 13.3. The van der Waals surface area contributed by atoms with Crippen molar-refractivity contribution in [2.45, 2.75) is 32.2 Å². The second-order valence-corrected chi connectivity index (χ2v) is 5.84. The fraction of sp³-hybridized carbons (Fsp3) is 0.500. The molecule has 3 rings (SSSR count). The van der Waals surface area contributed by atoms with E-state index in [-0.39, 0.29) is 17.9 Å². The largest absolute Gasteiger partial charge is 0.292 e. The number of rotatable bonds is 2. The van der Waals surface area contributed by atoms with Crippen molar-refractivity contribution < 1.29 is 9.59 Å². The lowest BCUT2D eigenvalue weighted by molar-refractivity contribution is -0.123. The Kier molecular flexibility index (Phi) is 3.57. The van der Waals surface area contributed by atoms with Crippen molar-refractivity contribution in [3.05, 3.63) is 30.3 Å². The number of para-hydroxylation sites is 1. The van der Waals surface area contributed by atoms with Crippen LogP contribution in [0.4, 0.5) is 5.69 Å². The Labute approximate surface area is 119 Å². The van der Waals surface area contributed by atoms with Gasteiger partial charge in [-0.3, -0.25) is 14.5 Å². The molecular weight excluding hydrogens is 252 g/mol. The maximum Gasteiger partial charge on any atom is 0.251 e. The first-order valence-corrected chi connectivity index (χ1v) is 7.32. The molecule has 0 aliphatic carbocycles. The van der Waals surface area contributed by atoms with E-state index >= 15 is 0 Å². The standard InChI is InChI=1S/C16H20N2O2/c1-12-7-9-17(10-8-12)14-11-15(19)18(16(14)20)13-5-3-2-4-6-13/h2-6,12,14H,7-11H2,1H3/t14-/m1/s1. The monoisotopic (exact) mass is 272 g/mol. The zero-order chi connectivity index (χ0) is 14.1. The molecule has 20 heavy (non-hydrogen) atoms. The molecule has 1 atom stereocenters. The molecule has 2 heterocycles. The number of nitrogens with zero attached hydrogens (tertiary/aromatic N) is 2. The van der Waals surface area contributed by atoms with E-state index in [4.69, 9.17) is 0 Å². The smallest absolute Gasteiger partial charge is 0.251 e. The zero-order valence-electron chi connectivity index (χ0n) is 11.8. The third kappa shape index (κ3) is 2.36. The number of carbonyl (C=O) groups excluding carboxylic acids is 2. The highest BCUT2D eigenvalue weighted by molar-refractivity contribution is 6.22. The predicted molar refractivity (Wildman–Crippen MR) is 77.3 cm³/mol. The van der Waals surface area contributed by atoms with Crippen molar-refractivity contribution in [3.63, 3.8) is 0 Å². The third-order valence-corrected chi connectivity index (χ3v) is 4.40. The van der Waals surface area contributed by atoms with E-state index in [0.29, 0.717) is 12.1 Å². The summed E-state index contributed by atoms with van der Waals surface area (Å²) in [5, 5.41) is 0. The third-order valence-electron chi connectivity index (χ3n) is 4.40. The molecule has 2 fully saturated rings. The van der Waals surface area contributed by atoms with Crippen LogP contribution >= 0.6 is 0 Å². The van der Waals surface area contributed by atoms with Crippen LogP contribution in [-0.2, 0) is 9.59 Å². The summed E-state index contributed by atoms with van der Waals surface area (Å²) in [6.45, 7) is 4.09. The minimum Gasteiger partial charge on any atom is -0.292 e. The number of anilines is 1. The van der Waals surface area contributed by atoms with Gasteiger partial charge in [0.15, 0.2) is 0 Å². The number of carbonyl (C=O) groups is 2. The highest BCUT2D eigenvalue weighted by Gasteiger charge is 2.43. The SMILES string of the molecule is CC1CCN([C@@H]2CC(=O)N(c3ccccc3)C2=O)CC1. The van der Waals surface area contributed by atoms with Gasteiger partial charge in [-0.1, -0.05) is 25.1 Å². The van der Waals surface area contributed by atoms with Gasteiger partial charge in [0.1, 0.15) is 0 Å². The highest BCUT2D eigenvalue weighted by atomic mass is 16.2. The van der Waals surface area contributed by atoms with Crippen molar-refractivity contribution in [2.75, 3.05) is 18.0 Å². The first-order valence-electron chi connectivity index (χ1n) is 7.32. The van der Waals surface area contributed by atoms with Crippen LogP contribution < -0.4 is 4.90 Å². The van der Waals surface area contributed by atoms with E-state index in [1.807, 2.05) is 30.3 Å². The summed E-state index contributed by atoms with van der Waals surface area (Å²) >= 11 is 0. The summed E-state index contributed by atoms with van der Waals surface area (Å²) in [5.74, 6) is 0.587. The van der Waals surface area contributed by atoms with Gasteiger partial charge in [-0.2, -0.15) is 0 Å². The quantitative estimate of drug-likeness (QED) is 0.774. The molecule has 2 saturated heterocycles. The number of benzene rings is 1. The summed E-state index contributed by atoms with van der Waals surface area (Å²) in [4.78, 5) is 28.3. The van der Waals surface area contributed by atoms with Crippen LogP contribution in [0.1, 0.15) is 26.2 Å². The van der Waals surface area contributed by atoms with Crippen molar-refractivity contribution in [3.8, 4) is 0 Å². The van der Waals surface area contributed by atoms with Crippen LogP contribution in [0.3, 0.4) is 0 Å². The lowest BCUT2D eigenvalue weighted by atomic mass is 9.97. The van der Waals surface area contributed by atoms with Crippen LogP contribution in [0.15, 0.2) is 30.3 Å². The summed E-state index contributed by atoms with van der Waals surface area (Å²) < 4.78 is 0. The van der Waals surface area contributed by atoms with Crippen LogP contribution in [0.5, 0.6) is 0 Å². The Morgan fingerprint density at radius 1 is 1.05 bits per heavy atom. The van der Waals surface area contributed by atoms with Gasteiger partial charge in [0.05, 0.1) is 18.2 Å². The number of hydrogen-bond acceptors (Lipinski definition) is 3. The number of hydrogen-bond donors (Lipinski definition) is 0. The molecule has 0 radical (unpaired) electrons. The molecule has 0 saturated carbocycles. The van der Waals surface area contributed by atoms with Crippen LogP contribution in [0.2, 0.25) is 0 Å². The number of amides is 2. The molecule has 0 unspecified atom stereocenters. The number of piperidine rings is 1. The Balaban J connectivity index is 1.77. The molecule has 0 bridgehead atoms. The molecular formula is C16H20N2O2. The topological polar surface area (TPSA) is 40.6 Å². The molecule has 106 valence electrons. The minimum atomic E-state index is -0.254. The molecule has 1 aromatic carbocycles. The average molecular weight is 272 g/mol. The zero-order valence-corrected chi connectivity index (χ0v) is 11.8. The van der Waals surface area contributed by atoms with Gasteiger partial charge in [0, 0.05) is 0 Å². The van der Waals surface area contributed by atoms with Crippen molar-refractivity contribution in [1.29, 1.82) is 0 Å². The molecule has 1 aromatic rings. The first-order chi connectivity index (χ1) is 9.66. The van der Waals surface area contributed by atoms with Crippen LogP contribution in [-0.4, -0.2) is 35.8 Å². The number of likely N-dealkylation sites (tertiary alicyclic amines) is 1. The molecule has 2 amide bonds. The van der Waals surface area contributed by atoms with E-state index in [0.717, 1.165) is 31.8 Å². The van der Waals surface area contributed by atoms with E-state index in [9.17, 15) is 9.59 Å². The fourth-order valence-corrected chi connectivity index (χ4v) is 3.09. The summed E-state index contributed by atoms with van der Waals surface area (Å²) in [7, 11) is 0. The summed E-state index contributed by atoms with van der Waals surface area (Å²) in [5.41, 5.74) is 0.690. The van der Waals surface area contributed by atoms with Crippen LogP contribution in [0.25, 0.3) is 0 Å². The van der Waals surface area contributed by atoms with Crippen molar-refractivity contribution in [2.24, 2.45) is 5.92 Å². The molecule has 4 heteroatoms. The summed E-state index contributed by atoms with van der Waals surface area (Å²) in [6.07, 6.45) is 2.55. The normalized spacial score (nSPS) is 25.4. The Hall–Kier alpha value is -1.68. The van der Waals surface area contributed by atoms with Crippen LogP contribution in [0, 0.1) is 5.92 Å². The van der Waals surface area contributed by atoms with E-state index in [1.165, 1.54) is 4.90 Å². The molecule has 0 N–H and O–H groups in total. The molecule has 2 aliphatic rings. The molecule has 0 aromatic heterocycles. The maximum atomic E-state index is 12.6. The van der Waals surface area contributed by atoms with Gasteiger partial charge in [-0.15, -0.1) is 0 Å². The average Bonchev–Trinajstić information content (AvgIpc) is 2.76. The fourth-order valence-electron chi connectivity index (χ4n) is 3.09. The molecule has 4 nitrogen and oxygen atoms in total. The van der Waals surface area contributed by atoms with Gasteiger partial charge in [0.25, 0.3) is 5.91 Å². The second kappa shape index (κ2) is 5.37. The Bertz CT molecular complexity index is 506. The lowest BCUT2D eigenvalue weighted by Gasteiger charge is -2.33. The minimum absolute atomic E-state index is 0.0595. The Morgan fingerprint density at radius 2 is 1.70 bits per heavy atom.